The standard InChI is InChI=1S/C10H9BrF2/c11-9-8-4-2-1-3-7(8)5-6-10(9,12)13/h1-4,9H,5-6H2. The van der Waals surface area contributed by atoms with E-state index in [1.807, 2.05) is 12.1 Å². The zero-order valence-corrected chi connectivity index (χ0v) is 8.52. The normalized spacial score (nSPS) is 25.3. The van der Waals surface area contributed by atoms with Gasteiger partial charge in [-0.25, -0.2) is 8.78 Å². The van der Waals surface area contributed by atoms with E-state index >= 15 is 0 Å². The van der Waals surface area contributed by atoms with Crippen molar-refractivity contribution < 1.29 is 8.78 Å². The largest absolute Gasteiger partial charge is 0.264 e. The molecule has 0 N–H and O–H groups in total. The quantitative estimate of drug-likeness (QED) is 0.613. The Labute approximate surface area is 84.1 Å². The fraction of sp³-hybridized carbons (Fsp3) is 0.400. The SMILES string of the molecule is FC1(F)CCc2ccccc2C1Br. The maximum Gasteiger partial charge on any atom is 0.264 e. The lowest BCUT2D eigenvalue weighted by atomic mass is 9.89. The van der Waals surface area contributed by atoms with Crippen molar-refractivity contribution in [2.75, 3.05) is 0 Å². The molecule has 70 valence electrons. The number of aryl methyl sites for hydroxylation is 1. The molecule has 13 heavy (non-hydrogen) atoms. The fourth-order valence-electron chi connectivity index (χ4n) is 1.66. The lowest BCUT2D eigenvalue weighted by Gasteiger charge is -2.29. The molecule has 1 unspecified atom stereocenters. The molecule has 1 aliphatic rings. The van der Waals surface area contributed by atoms with E-state index in [2.05, 4.69) is 15.9 Å². The van der Waals surface area contributed by atoms with Gasteiger partial charge in [0.15, 0.2) is 0 Å². The van der Waals surface area contributed by atoms with Crippen molar-refractivity contribution in [2.45, 2.75) is 23.6 Å². The summed E-state index contributed by atoms with van der Waals surface area (Å²) in [6.07, 6.45) is 0.422. The number of hydrogen-bond acceptors (Lipinski definition) is 0. The van der Waals surface area contributed by atoms with Crippen LogP contribution in [0.5, 0.6) is 0 Å². The van der Waals surface area contributed by atoms with Gasteiger partial charge in [-0.05, 0) is 17.5 Å². The Kier molecular flexibility index (Phi) is 2.14. The average Bonchev–Trinajstić information content (AvgIpc) is 2.13. The number of rotatable bonds is 0. The van der Waals surface area contributed by atoms with Gasteiger partial charge >= 0.3 is 0 Å². The van der Waals surface area contributed by atoms with E-state index < -0.39 is 10.7 Å². The van der Waals surface area contributed by atoms with E-state index in [1.165, 1.54) is 0 Å². The highest BCUT2D eigenvalue weighted by Crippen LogP contribution is 2.46. The van der Waals surface area contributed by atoms with Crippen LogP contribution in [0.1, 0.15) is 22.4 Å². The Morgan fingerprint density at radius 3 is 2.77 bits per heavy atom. The van der Waals surface area contributed by atoms with E-state index in [0.717, 1.165) is 11.1 Å². The summed E-state index contributed by atoms with van der Waals surface area (Å²) in [5.41, 5.74) is 1.77. The van der Waals surface area contributed by atoms with Crippen LogP contribution in [-0.2, 0) is 6.42 Å². The maximum atomic E-state index is 13.2. The summed E-state index contributed by atoms with van der Waals surface area (Å²) in [6.45, 7) is 0. The fourth-order valence-corrected chi connectivity index (χ4v) is 2.34. The zero-order valence-electron chi connectivity index (χ0n) is 6.93. The van der Waals surface area contributed by atoms with Gasteiger partial charge < -0.3 is 0 Å². The van der Waals surface area contributed by atoms with Gasteiger partial charge in [0.25, 0.3) is 5.92 Å². The predicted octanol–water partition coefficient (Wildman–Crippen LogP) is 3.70. The molecular weight excluding hydrogens is 238 g/mol. The smallest absolute Gasteiger partial charge is 0.205 e. The van der Waals surface area contributed by atoms with Crippen molar-refractivity contribution >= 4 is 15.9 Å². The van der Waals surface area contributed by atoms with Gasteiger partial charge in [-0.3, -0.25) is 0 Å². The van der Waals surface area contributed by atoms with Gasteiger partial charge in [-0.1, -0.05) is 40.2 Å². The summed E-state index contributed by atoms with van der Waals surface area (Å²) in [6, 6.07) is 7.37. The van der Waals surface area contributed by atoms with Crippen LogP contribution in [0.3, 0.4) is 0 Å². The first-order chi connectivity index (χ1) is 6.11. The van der Waals surface area contributed by atoms with E-state index in [9.17, 15) is 8.78 Å². The van der Waals surface area contributed by atoms with Crippen LogP contribution in [0.4, 0.5) is 8.78 Å². The van der Waals surface area contributed by atoms with Crippen molar-refractivity contribution in [3.05, 3.63) is 35.4 Å². The first-order valence-electron chi connectivity index (χ1n) is 4.21. The Hall–Kier alpha value is -0.440. The number of halogens is 3. The van der Waals surface area contributed by atoms with E-state index in [0.29, 0.717) is 6.42 Å². The molecule has 2 rings (SSSR count). The van der Waals surface area contributed by atoms with Crippen LogP contribution >= 0.6 is 15.9 Å². The van der Waals surface area contributed by atoms with Crippen LogP contribution in [0.25, 0.3) is 0 Å². The summed E-state index contributed by atoms with van der Waals surface area (Å²) in [5.74, 6) is -2.60. The predicted molar refractivity (Wildman–Crippen MR) is 51.4 cm³/mol. The number of benzene rings is 1. The Bertz CT molecular complexity index is 322. The minimum atomic E-state index is -2.60. The Morgan fingerprint density at radius 2 is 2.00 bits per heavy atom. The molecule has 0 bridgehead atoms. The van der Waals surface area contributed by atoms with Crippen LogP contribution in [0.15, 0.2) is 24.3 Å². The topological polar surface area (TPSA) is 0 Å². The van der Waals surface area contributed by atoms with Crippen molar-refractivity contribution in [3.63, 3.8) is 0 Å². The third-order valence-electron chi connectivity index (χ3n) is 2.43. The molecule has 0 radical (unpaired) electrons. The molecule has 0 heterocycles. The average molecular weight is 247 g/mol. The summed E-state index contributed by atoms with van der Waals surface area (Å²) in [5, 5.41) is 0. The maximum absolute atomic E-state index is 13.2. The molecule has 0 aromatic heterocycles. The van der Waals surface area contributed by atoms with Crippen LogP contribution in [-0.4, -0.2) is 5.92 Å². The van der Waals surface area contributed by atoms with Crippen molar-refractivity contribution in [1.29, 1.82) is 0 Å². The molecular formula is C10H9BrF2. The van der Waals surface area contributed by atoms with E-state index in [4.69, 9.17) is 0 Å². The molecule has 0 saturated carbocycles. The van der Waals surface area contributed by atoms with Crippen molar-refractivity contribution in [2.24, 2.45) is 0 Å². The molecule has 0 spiro atoms. The van der Waals surface area contributed by atoms with Gasteiger partial charge in [0, 0.05) is 6.42 Å². The van der Waals surface area contributed by atoms with Crippen molar-refractivity contribution in [1.82, 2.24) is 0 Å². The highest BCUT2D eigenvalue weighted by Gasteiger charge is 2.42. The molecule has 0 saturated heterocycles. The summed E-state index contributed by atoms with van der Waals surface area (Å²) in [4.78, 5) is -0.815. The Balaban J connectivity index is 2.45. The first kappa shape index (κ1) is 9.13. The molecule has 0 amide bonds. The van der Waals surface area contributed by atoms with Gasteiger partial charge in [0.2, 0.25) is 0 Å². The minimum Gasteiger partial charge on any atom is -0.205 e. The van der Waals surface area contributed by atoms with Gasteiger partial charge in [0.1, 0.15) is 4.83 Å². The minimum absolute atomic E-state index is 0.0556. The van der Waals surface area contributed by atoms with Gasteiger partial charge in [-0.15, -0.1) is 0 Å². The van der Waals surface area contributed by atoms with Gasteiger partial charge in [-0.2, -0.15) is 0 Å². The highest BCUT2D eigenvalue weighted by molar-refractivity contribution is 9.09. The van der Waals surface area contributed by atoms with Crippen LogP contribution in [0.2, 0.25) is 0 Å². The molecule has 0 fully saturated rings. The molecule has 1 aromatic carbocycles. The molecule has 3 heteroatoms. The zero-order chi connectivity index (χ0) is 9.47. The number of fused-ring (bicyclic) bond motifs is 1. The highest BCUT2D eigenvalue weighted by atomic mass is 79.9. The summed E-state index contributed by atoms with van der Waals surface area (Å²) in [7, 11) is 0. The van der Waals surface area contributed by atoms with Crippen LogP contribution < -0.4 is 0 Å². The van der Waals surface area contributed by atoms with Gasteiger partial charge in [0.05, 0.1) is 0 Å². The molecule has 1 atom stereocenters. The molecule has 1 aromatic rings. The lowest BCUT2D eigenvalue weighted by Crippen LogP contribution is -2.28. The second kappa shape index (κ2) is 3.05. The molecule has 1 aliphatic carbocycles. The monoisotopic (exact) mass is 246 g/mol. The van der Waals surface area contributed by atoms with E-state index in [-0.39, 0.29) is 6.42 Å². The third kappa shape index (κ3) is 1.50. The summed E-state index contributed by atoms with van der Waals surface area (Å²) >= 11 is 3.06. The van der Waals surface area contributed by atoms with Crippen molar-refractivity contribution in [3.8, 4) is 0 Å². The number of alkyl halides is 3. The molecule has 0 nitrogen and oxygen atoms in total. The second-order valence-electron chi connectivity index (χ2n) is 3.32. The second-order valence-corrected chi connectivity index (χ2v) is 4.24. The third-order valence-corrected chi connectivity index (χ3v) is 3.59. The van der Waals surface area contributed by atoms with E-state index in [1.54, 1.807) is 12.1 Å². The lowest BCUT2D eigenvalue weighted by molar-refractivity contribution is -0.0135. The number of hydrogen-bond donors (Lipinski definition) is 0. The molecule has 0 aliphatic heterocycles. The Morgan fingerprint density at radius 1 is 1.31 bits per heavy atom. The first-order valence-corrected chi connectivity index (χ1v) is 5.12. The van der Waals surface area contributed by atoms with Crippen LogP contribution in [0, 0.1) is 0 Å². The summed E-state index contributed by atoms with van der Waals surface area (Å²) < 4.78 is 26.5.